The van der Waals surface area contributed by atoms with Gasteiger partial charge in [-0.1, -0.05) is 0 Å². The van der Waals surface area contributed by atoms with Crippen molar-refractivity contribution in [2.24, 2.45) is 11.8 Å². The van der Waals surface area contributed by atoms with Gasteiger partial charge in [0.25, 0.3) is 0 Å². The molecule has 2 bridgehead atoms. The van der Waals surface area contributed by atoms with Gasteiger partial charge in [0.2, 0.25) is 11.8 Å². The van der Waals surface area contributed by atoms with E-state index < -0.39 is 6.03 Å². The summed E-state index contributed by atoms with van der Waals surface area (Å²) in [6.45, 7) is 2.81. The third-order valence-electron chi connectivity index (χ3n) is 4.52. The summed E-state index contributed by atoms with van der Waals surface area (Å²) < 4.78 is 0. The first kappa shape index (κ1) is 10.7. The smallest absolute Gasteiger partial charge is 0.275 e. The number of urea groups is 1. The van der Waals surface area contributed by atoms with Crippen molar-refractivity contribution in [3.63, 3.8) is 0 Å². The Morgan fingerprint density at radius 1 is 1.00 bits per heavy atom. The minimum Gasteiger partial charge on any atom is -0.275 e. The summed E-state index contributed by atoms with van der Waals surface area (Å²) in [5, 5.41) is 0. The number of hydrogen-bond acceptors (Lipinski definition) is 3. The first-order valence-corrected chi connectivity index (χ1v) is 6.16. The average Bonchev–Trinajstić information content (AvgIpc) is 2.84. The standard InChI is InChI=1S/C12H16N2O3/c1-6(15)13-10-8-3-4-9(5-8)11(10)14(7(2)16)12(13)17/h8-11H,3-5H2,1-2H3. The number of fused-ring (bicyclic) bond motifs is 5. The van der Waals surface area contributed by atoms with Crippen LogP contribution in [0.5, 0.6) is 0 Å². The van der Waals surface area contributed by atoms with Crippen LogP contribution in [0.1, 0.15) is 33.1 Å². The van der Waals surface area contributed by atoms with Crippen LogP contribution < -0.4 is 0 Å². The lowest BCUT2D eigenvalue weighted by molar-refractivity contribution is -0.128. The summed E-state index contributed by atoms with van der Waals surface area (Å²) in [5.74, 6) is 0.340. The summed E-state index contributed by atoms with van der Waals surface area (Å²) in [4.78, 5) is 38.0. The normalized spacial score (nSPS) is 38.8. The van der Waals surface area contributed by atoms with Crippen LogP contribution in [0.15, 0.2) is 0 Å². The Morgan fingerprint density at radius 3 is 1.76 bits per heavy atom. The van der Waals surface area contributed by atoms with E-state index in [0.717, 1.165) is 19.3 Å². The fourth-order valence-corrected chi connectivity index (χ4v) is 4.02. The van der Waals surface area contributed by atoms with Crippen LogP contribution in [0.3, 0.4) is 0 Å². The molecule has 0 N–H and O–H groups in total. The number of nitrogens with zero attached hydrogens (tertiary/aromatic N) is 2. The molecule has 5 nitrogen and oxygen atoms in total. The molecule has 0 aromatic rings. The highest BCUT2D eigenvalue weighted by atomic mass is 16.2. The van der Waals surface area contributed by atoms with Crippen molar-refractivity contribution in [1.29, 1.82) is 0 Å². The van der Waals surface area contributed by atoms with Crippen molar-refractivity contribution in [3.05, 3.63) is 0 Å². The van der Waals surface area contributed by atoms with Gasteiger partial charge in [0.15, 0.2) is 0 Å². The van der Waals surface area contributed by atoms with Crippen LogP contribution in [0.4, 0.5) is 4.79 Å². The molecule has 2 saturated carbocycles. The predicted molar refractivity (Wildman–Crippen MR) is 58.8 cm³/mol. The van der Waals surface area contributed by atoms with Crippen LogP contribution in [0.2, 0.25) is 0 Å². The number of carbonyl (C=O) groups is 3. The second-order valence-corrected chi connectivity index (χ2v) is 5.38. The highest BCUT2D eigenvalue weighted by Crippen LogP contribution is 2.52. The number of amides is 4. The average molecular weight is 236 g/mol. The molecule has 0 spiro atoms. The highest BCUT2D eigenvalue weighted by Gasteiger charge is 2.61. The molecule has 5 heteroatoms. The molecule has 0 aromatic carbocycles. The molecule has 3 fully saturated rings. The van der Waals surface area contributed by atoms with Crippen LogP contribution >= 0.6 is 0 Å². The number of hydrogen-bond donors (Lipinski definition) is 0. The molecular formula is C12H16N2O3. The maximum atomic E-state index is 12.1. The lowest BCUT2D eigenvalue weighted by atomic mass is 9.90. The number of imide groups is 2. The molecule has 4 amide bonds. The quantitative estimate of drug-likeness (QED) is 0.630. The lowest BCUT2D eigenvalue weighted by Gasteiger charge is -2.29. The van der Waals surface area contributed by atoms with Gasteiger partial charge in [-0.25, -0.2) is 4.79 Å². The molecule has 4 unspecified atom stereocenters. The Hall–Kier alpha value is -1.39. The zero-order valence-corrected chi connectivity index (χ0v) is 10.0. The third kappa shape index (κ3) is 1.22. The van der Waals surface area contributed by atoms with Gasteiger partial charge in [0.05, 0.1) is 12.1 Å². The van der Waals surface area contributed by atoms with Crippen molar-refractivity contribution in [3.8, 4) is 0 Å². The third-order valence-corrected chi connectivity index (χ3v) is 4.52. The van der Waals surface area contributed by atoms with Crippen LogP contribution in [0.25, 0.3) is 0 Å². The van der Waals surface area contributed by atoms with E-state index in [-0.39, 0.29) is 23.9 Å². The fourth-order valence-electron chi connectivity index (χ4n) is 4.02. The SMILES string of the molecule is CC(=O)N1C(=O)N(C(C)=O)C2C3CCC(C3)C21. The first-order valence-electron chi connectivity index (χ1n) is 6.16. The van der Waals surface area contributed by atoms with Crippen LogP contribution in [-0.4, -0.2) is 39.7 Å². The van der Waals surface area contributed by atoms with Gasteiger partial charge in [-0.2, -0.15) is 0 Å². The monoisotopic (exact) mass is 236 g/mol. The van der Waals surface area contributed by atoms with Gasteiger partial charge in [-0.15, -0.1) is 0 Å². The van der Waals surface area contributed by atoms with Gasteiger partial charge in [-0.05, 0) is 31.1 Å². The van der Waals surface area contributed by atoms with Gasteiger partial charge in [0.1, 0.15) is 0 Å². The molecule has 17 heavy (non-hydrogen) atoms. The maximum absolute atomic E-state index is 12.1. The van der Waals surface area contributed by atoms with Gasteiger partial charge in [-0.3, -0.25) is 19.4 Å². The highest BCUT2D eigenvalue weighted by molar-refractivity contribution is 6.03. The zero-order valence-electron chi connectivity index (χ0n) is 10.0. The predicted octanol–water partition coefficient (Wildman–Crippen LogP) is 0.984. The Kier molecular flexibility index (Phi) is 2.09. The summed E-state index contributed by atoms with van der Waals surface area (Å²) in [6.07, 6.45) is 3.21. The molecule has 3 rings (SSSR count). The molecule has 1 heterocycles. The van der Waals surface area contributed by atoms with Gasteiger partial charge < -0.3 is 0 Å². The Labute approximate surface area is 99.7 Å². The molecule has 92 valence electrons. The molecule has 0 aromatic heterocycles. The second-order valence-electron chi connectivity index (χ2n) is 5.38. The van der Waals surface area contributed by atoms with E-state index in [9.17, 15) is 14.4 Å². The molecule has 0 radical (unpaired) electrons. The molecule has 3 aliphatic rings. The molecule has 1 saturated heterocycles. The van der Waals surface area contributed by atoms with E-state index >= 15 is 0 Å². The topological polar surface area (TPSA) is 57.7 Å². The van der Waals surface area contributed by atoms with E-state index in [1.54, 1.807) is 0 Å². The van der Waals surface area contributed by atoms with E-state index in [2.05, 4.69) is 0 Å². The molecule has 1 aliphatic heterocycles. The van der Waals surface area contributed by atoms with Crippen LogP contribution in [0, 0.1) is 11.8 Å². The summed E-state index contributed by atoms with van der Waals surface area (Å²) in [7, 11) is 0. The number of rotatable bonds is 0. The Morgan fingerprint density at radius 2 is 1.41 bits per heavy atom. The van der Waals surface area contributed by atoms with E-state index in [1.807, 2.05) is 0 Å². The molecule has 4 atom stereocenters. The fraction of sp³-hybridized carbons (Fsp3) is 0.750. The van der Waals surface area contributed by atoms with E-state index in [4.69, 9.17) is 0 Å². The summed E-state index contributed by atoms with van der Waals surface area (Å²) in [6, 6.07) is -0.512. The Bertz CT molecular complexity index is 384. The van der Waals surface area contributed by atoms with Gasteiger partial charge in [0, 0.05) is 13.8 Å². The van der Waals surface area contributed by atoms with Crippen molar-refractivity contribution < 1.29 is 14.4 Å². The van der Waals surface area contributed by atoms with E-state index in [0.29, 0.717) is 11.8 Å². The summed E-state index contributed by atoms with van der Waals surface area (Å²) >= 11 is 0. The molecular weight excluding hydrogens is 220 g/mol. The lowest BCUT2D eigenvalue weighted by Crippen LogP contribution is -2.44. The summed E-state index contributed by atoms with van der Waals surface area (Å²) in [5.41, 5.74) is 0. The largest absolute Gasteiger partial charge is 0.334 e. The van der Waals surface area contributed by atoms with Gasteiger partial charge >= 0.3 is 6.03 Å². The minimum absolute atomic E-state index is 0.0531. The Balaban J connectivity index is 2.03. The maximum Gasteiger partial charge on any atom is 0.334 e. The van der Waals surface area contributed by atoms with Crippen molar-refractivity contribution >= 4 is 17.8 Å². The van der Waals surface area contributed by atoms with Crippen LogP contribution in [-0.2, 0) is 9.59 Å². The van der Waals surface area contributed by atoms with Crippen molar-refractivity contribution in [2.45, 2.75) is 45.2 Å². The van der Waals surface area contributed by atoms with E-state index in [1.165, 1.54) is 23.6 Å². The zero-order chi connectivity index (χ0) is 12.3. The first-order chi connectivity index (χ1) is 8.02. The minimum atomic E-state index is -0.406. The van der Waals surface area contributed by atoms with Crippen molar-refractivity contribution in [1.82, 2.24) is 9.80 Å². The number of carbonyl (C=O) groups excluding carboxylic acids is 3. The molecule has 2 aliphatic carbocycles. The second kappa shape index (κ2) is 3.31. The van der Waals surface area contributed by atoms with Crippen molar-refractivity contribution in [2.75, 3.05) is 0 Å².